The van der Waals surface area contributed by atoms with Crippen LogP contribution in [0.3, 0.4) is 0 Å². The summed E-state index contributed by atoms with van der Waals surface area (Å²) in [6.07, 6.45) is 0. The highest BCUT2D eigenvalue weighted by Crippen LogP contribution is 2.12. The van der Waals surface area contributed by atoms with Crippen LogP contribution >= 0.6 is 0 Å². The van der Waals surface area contributed by atoms with E-state index in [-0.39, 0.29) is 11.3 Å². The number of hydrogen-bond donors (Lipinski definition) is 1. The molecule has 0 bridgehead atoms. The first-order chi connectivity index (χ1) is 11.1. The summed E-state index contributed by atoms with van der Waals surface area (Å²) in [5, 5.41) is 2.73. The average molecular weight is 307 g/mol. The van der Waals surface area contributed by atoms with Gasteiger partial charge in [0.1, 0.15) is 0 Å². The van der Waals surface area contributed by atoms with E-state index in [1.54, 1.807) is 22.8 Å². The lowest BCUT2D eigenvalue weighted by Gasteiger charge is -2.10. The molecule has 0 aliphatic rings. The second-order valence-electron chi connectivity index (χ2n) is 5.32. The third kappa shape index (κ3) is 2.85. The van der Waals surface area contributed by atoms with Crippen LogP contribution in [-0.4, -0.2) is 15.5 Å². The summed E-state index contributed by atoms with van der Waals surface area (Å²) in [6, 6.07) is 14.7. The Balaban J connectivity index is 2.05. The molecule has 3 aromatic rings. The van der Waals surface area contributed by atoms with Gasteiger partial charge in [0.2, 0.25) is 0 Å². The number of para-hydroxylation sites is 2. The monoisotopic (exact) mass is 307 g/mol. The normalized spacial score (nSPS) is 10.7. The molecule has 1 N–H and O–H groups in total. The van der Waals surface area contributed by atoms with Crippen molar-refractivity contribution in [3.05, 3.63) is 70.1 Å². The van der Waals surface area contributed by atoms with Gasteiger partial charge in [-0.3, -0.25) is 9.59 Å². The minimum atomic E-state index is -0.494. The smallest absolute Gasteiger partial charge is 0.282 e. The molecule has 1 aromatic heterocycles. The van der Waals surface area contributed by atoms with E-state index < -0.39 is 5.91 Å². The van der Waals surface area contributed by atoms with Crippen molar-refractivity contribution in [2.24, 2.45) is 0 Å². The van der Waals surface area contributed by atoms with Crippen molar-refractivity contribution in [1.29, 1.82) is 0 Å². The molecule has 0 aliphatic heterocycles. The van der Waals surface area contributed by atoms with E-state index >= 15 is 0 Å². The molecular formula is C18H17N3O2. The highest BCUT2D eigenvalue weighted by molar-refractivity contribution is 6.03. The molecule has 0 saturated carbocycles. The molecule has 3 rings (SSSR count). The number of carbonyl (C=O) groups is 1. The first kappa shape index (κ1) is 15.0. The van der Waals surface area contributed by atoms with E-state index in [0.29, 0.717) is 17.7 Å². The molecule has 0 saturated heterocycles. The number of rotatable bonds is 3. The molecule has 0 atom stereocenters. The van der Waals surface area contributed by atoms with Crippen molar-refractivity contribution >= 4 is 22.6 Å². The molecule has 5 nitrogen and oxygen atoms in total. The van der Waals surface area contributed by atoms with Crippen LogP contribution < -0.4 is 10.9 Å². The molecule has 23 heavy (non-hydrogen) atoms. The summed E-state index contributed by atoms with van der Waals surface area (Å²) in [7, 11) is 0. The summed E-state index contributed by atoms with van der Waals surface area (Å²) < 4.78 is 1.56. The van der Waals surface area contributed by atoms with Crippen molar-refractivity contribution in [2.45, 2.75) is 20.4 Å². The van der Waals surface area contributed by atoms with Crippen LogP contribution in [0, 0.1) is 6.92 Å². The minimum absolute atomic E-state index is 0.0916. The fourth-order valence-corrected chi connectivity index (χ4v) is 2.48. The van der Waals surface area contributed by atoms with E-state index in [0.717, 1.165) is 11.1 Å². The largest absolute Gasteiger partial charge is 0.320 e. The molecule has 2 aromatic carbocycles. The first-order valence-corrected chi connectivity index (χ1v) is 7.47. The Morgan fingerprint density at radius 3 is 2.52 bits per heavy atom. The number of carbonyl (C=O) groups excluding carboxylic acids is 1. The Labute approximate surface area is 133 Å². The Kier molecular flexibility index (Phi) is 3.93. The van der Waals surface area contributed by atoms with Crippen molar-refractivity contribution in [3.63, 3.8) is 0 Å². The molecule has 1 amide bonds. The van der Waals surface area contributed by atoms with Crippen molar-refractivity contribution in [1.82, 2.24) is 9.55 Å². The Morgan fingerprint density at radius 2 is 1.83 bits per heavy atom. The van der Waals surface area contributed by atoms with Gasteiger partial charge in [-0.25, -0.2) is 4.98 Å². The lowest BCUT2D eigenvalue weighted by Crippen LogP contribution is -2.30. The molecule has 0 spiro atoms. The molecule has 0 aliphatic carbocycles. The van der Waals surface area contributed by atoms with Gasteiger partial charge in [-0.1, -0.05) is 29.8 Å². The predicted octanol–water partition coefficient (Wildman–Crippen LogP) is 2.98. The summed E-state index contributed by atoms with van der Waals surface area (Å²) in [6.45, 7) is 4.32. The highest BCUT2D eigenvalue weighted by Gasteiger charge is 2.17. The summed E-state index contributed by atoms with van der Waals surface area (Å²) in [4.78, 5) is 29.2. The fourth-order valence-electron chi connectivity index (χ4n) is 2.48. The molecular weight excluding hydrogens is 290 g/mol. The maximum absolute atomic E-state index is 12.5. The quantitative estimate of drug-likeness (QED) is 0.809. The summed E-state index contributed by atoms with van der Waals surface area (Å²) >= 11 is 0. The Hall–Kier alpha value is -2.95. The maximum Gasteiger partial charge on any atom is 0.282 e. The number of aromatic nitrogens is 2. The van der Waals surface area contributed by atoms with Crippen LogP contribution in [0.4, 0.5) is 5.69 Å². The Morgan fingerprint density at radius 1 is 1.13 bits per heavy atom. The van der Waals surface area contributed by atoms with Crippen molar-refractivity contribution in [3.8, 4) is 0 Å². The van der Waals surface area contributed by atoms with Gasteiger partial charge >= 0.3 is 0 Å². The van der Waals surface area contributed by atoms with E-state index in [1.165, 1.54) is 0 Å². The average Bonchev–Trinajstić information content (AvgIpc) is 2.56. The van der Waals surface area contributed by atoms with Gasteiger partial charge in [0.15, 0.2) is 5.69 Å². The summed E-state index contributed by atoms with van der Waals surface area (Å²) in [5.41, 5.74) is 2.62. The Bertz CT molecular complexity index is 927. The van der Waals surface area contributed by atoms with Crippen molar-refractivity contribution in [2.75, 3.05) is 5.32 Å². The highest BCUT2D eigenvalue weighted by atomic mass is 16.2. The number of nitrogens with one attached hydrogen (secondary N) is 1. The van der Waals surface area contributed by atoms with Gasteiger partial charge < -0.3 is 9.88 Å². The number of amides is 1. The topological polar surface area (TPSA) is 64.0 Å². The zero-order chi connectivity index (χ0) is 16.4. The van der Waals surface area contributed by atoms with Crippen LogP contribution in [0.2, 0.25) is 0 Å². The van der Waals surface area contributed by atoms with E-state index in [2.05, 4.69) is 10.3 Å². The second-order valence-corrected chi connectivity index (χ2v) is 5.32. The van der Waals surface area contributed by atoms with Gasteiger partial charge in [0.05, 0.1) is 11.0 Å². The minimum Gasteiger partial charge on any atom is -0.320 e. The number of fused-ring (bicyclic) bond motifs is 1. The lowest BCUT2D eigenvalue weighted by atomic mass is 10.2. The SMILES string of the molecule is CCn1c(=O)c(C(=O)Nc2ccc(C)cc2)nc2ccccc21. The number of hydrogen-bond acceptors (Lipinski definition) is 3. The molecule has 0 radical (unpaired) electrons. The molecule has 0 fully saturated rings. The van der Waals surface area contributed by atoms with E-state index in [1.807, 2.05) is 44.2 Å². The molecule has 0 unspecified atom stereocenters. The van der Waals surface area contributed by atoms with Crippen LogP contribution in [0.25, 0.3) is 11.0 Å². The van der Waals surface area contributed by atoms with Gasteiger partial charge in [0, 0.05) is 12.2 Å². The summed E-state index contributed by atoms with van der Waals surface area (Å²) in [5.74, 6) is -0.494. The maximum atomic E-state index is 12.5. The van der Waals surface area contributed by atoms with Gasteiger partial charge in [0.25, 0.3) is 11.5 Å². The fraction of sp³-hybridized carbons (Fsp3) is 0.167. The van der Waals surface area contributed by atoms with E-state index in [4.69, 9.17) is 0 Å². The standard InChI is InChI=1S/C18H17N3O2/c1-3-21-15-7-5-4-6-14(15)20-16(18(21)23)17(22)19-13-10-8-12(2)9-11-13/h4-11H,3H2,1-2H3,(H,19,22). The van der Waals surface area contributed by atoms with Crippen LogP contribution in [-0.2, 0) is 6.54 Å². The van der Waals surface area contributed by atoms with Crippen LogP contribution in [0.15, 0.2) is 53.3 Å². The zero-order valence-electron chi connectivity index (χ0n) is 13.0. The van der Waals surface area contributed by atoms with Gasteiger partial charge in [-0.05, 0) is 38.1 Å². The number of aryl methyl sites for hydroxylation is 2. The second kappa shape index (κ2) is 6.04. The van der Waals surface area contributed by atoms with Crippen molar-refractivity contribution < 1.29 is 4.79 Å². The zero-order valence-corrected chi connectivity index (χ0v) is 13.0. The predicted molar refractivity (Wildman–Crippen MR) is 90.8 cm³/mol. The third-order valence-electron chi connectivity index (χ3n) is 3.69. The lowest BCUT2D eigenvalue weighted by molar-refractivity contribution is 0.102. The first-order valence-electron chi connectivity index (χ1n) is 7.47. The number of benzene rings is 2. The molecule has 116 valence electrons. The van der Waals surface area contributed by atoms with Gasteiger partial charge in [-0.15, -0.1) is 0 Å². The third-order valence-corrected chi connectivity index (χ3v) is 3.69. The van der Waals surface area contributed by atoms with Crippen LogP contribution in [0.1, 0.15) is 23.0 Å². The van der Waals surface area contributed by atoms with Crippen LogP contribution in [0.5, 0.6) is 0 Å². The van der Waals surface area contributed by atoms with Gasteiger partial charge in [-0.2, -0.15) is 0 Å². The number of anilines is 1. The molecule has 1 heterocycles. The molecule has 5 heteroatoms. The van der Waals surface area contributed by atoms with E-state index in [9.17, 15) is 9.59 Å². The number of nitrogens with zero attached hydrogens (tertiary/aromatic N) is 2.